The number of hydrogen-bond donors (Lipinski definition) is 2. The van der Waals surface area contributed by atoms with E-state index in [4.69, 9.17) is 14.6 Å². The number of imide groups is 1. The van der Waals surface area contributed by atoms with Gasteiger partial charge in [-0.15, -0.1) is 0 Å². The average Bonchev–Trinajstić information content (AvgIpc) is 2.42. The molecule has 0 spiro atoms. The molecule has 2 amide bonds. The molecule has 0 unspecified atom stereocenters. The minimum atomic E-state index is -0.806. The van der Waals surface area contributed by atoms with Crippen molar-refractivity contribution < 1.29 is 24.2 Å². The molecule has 7 nitrogen and oxygen atoms in total. The van der Waals surface area contributed by atoms with Crippen molar-refractivity contribution in [1.29, 1.82) is 0 Å². The number of carbonyl (C=O) groups excluding carboxylic acids is 2. The van der Waals surface area contributed by atoms with Crippen molar-refractivity contribution in [3.05, 3.63) is 25.3 Å². The Kier molecular flexibility index (Phi) is 10.1. The second-order valence-corrected chi connectivity index (χ2v) is 3.36. The monoisotopic (exact) mass is 272 g/mol. The first kappa shape index (κ1) is 17.1. The fraction of sp³-hybridized carbons (Fsp3) is 0.500. The molecule has 0 rings (SSSR count). The number of aliphatic hydroxyl groups excluding tert-OH is 1. The number of aliphatic hydroxyl groups is 1. The van der Waals surface area contributed by atoms with Crippen LogP contribution < -0.4 is 5.32 Å². The van der Waals surface area contributed by atoms with Gasteiger partial charge in [-0.05, 0) is 0 Å². The largest absolute Gasteiger partial charge is 0.445 e. The van der Waals surface area contributed by atoms with Crippen molar-refractivity contribution in [2.24, 2.45) is 0 Å². The van der Waals surface area contributed by atoms with Crippen molar-refractivity contribution in [2.75, 3.05) is 39.5 Å². The van der Waals surface area contributed by atoms with Gasteiger partial charge in [0.05, 0.1) is 6.61 Å². The molecule has 0 aromatic rings. The van der Waals surface area contributed by atoms with Gasteiger partial charge in [0.1, 0.15) is 13.2 Å². The molecule has 0 atom stereocenters. The summed E-state index contributed by atoms with van der Waals surface area (Å²) in [6.45, 7) is 7.58. The van der Waals surface area contributed by atoms with Gasteiger partial charge in [-0.25, -0.2) is 14.5 Å². The van der Waals surface area contributed by atoms with E-state index in [2.05, 4.69) is 18.5 Å². The molecule has 0 aliphatic rings. The van der Waals surface area contributed by atoms with E-state index in [-0.39, 0.29) is 26.4 Å². The zero-order valence-electron chi connectivity index (χ0n) is 10.8. The summed E-state index contributed by atoms with van der Waals surface area (Å²) in [5.74, 6) is 0. The Morgan fingerprint density at radius 1 is 1.11 bits per heavy atom. The fourth-order valence-electron chi connectivity index (χ4n) is 1.07. The topological polar surface area (TPSA) is 88.1 Å². The van der Waals surface area contributed by atoms with Gasteiger partial charge < -0.3 is 19.9 Å². The van der Waals surface area contributed by atoms with Crippen LogP contribution in [0.3, 0.4) is 0 Å². The lowest BCUT2D eigenvalue weighted by molar-refractivity contribution is 0.0868. The summed E-state index contributed by atoms with van der Waals surface area (Å²) >= 11 is 0. The van der Waals surface area contributed by atoms with Crippen LogP contribution in [0, 0.1) is 0 Å². The highest BCUT2D eigenvalue weighted by molar-refractivity contribution is 5.87. The van der Waals surface area contributed by atoms with Crippen molar-refractivity contribution in [1.82, 2.24) is 10.2 Å². The van der Waals surface area contributed by atoms with Gasteiger partial charge in [-0.3, -0.25) is 0 Å². The SMILES string of the molecule is C=CCOC(=O)N(CCNCCO)C(=O)OCC=C. The smallest absolute Gasteiger partial charge is 0.419 e. The number of amides is 2. The summed E-state index contributed by atoms with van der Waals surface area (Å²) < 4.78 is 9.55. The summed E-state index contributed by atoms with van der Waals surface area (Å²) in [6, 6.07) is 0. The molecule has 0 aromatic heterocycles. The van der Waals surface area contributed by atoms with Crippen LogP contribution >= 0.6 is 0 Å². The van der Waals surface area contributed by atoms with Crippen LogP contribution in [0.1, 0.15) is 0 Å². The van der Waals surface area contributed by atoms with E-state index >= 15 is 0 Å². The molecule has 0 saturated carbocycles. The lowest BCUT2D eigenvalue weighted by atomic mass is 10.5. The van der Waals surface area contributed by atoms with Gasteiger partial charge in [0.25, 0.3) is 0 Å². The van der Waals surface area contributed by atoms with Crippen molar-refractivity contribution in [3.8, 4) is 0 Å². The molecular formula is C12H20N2O5. The van der Waals surface area contributed by atoms with E-state index in [1.165, 1.54) is 12.2 Å². The molecule has 19 heavy (non-hydrogen) atoms. The summed E-state index contributed by atoms with van der Waals surface area (Å²) in [7, 11) is 0. The number of carbonyl (C=O) groups is 2. The second-order valence-electron chi connectivity index (χ2n) is 3.36. The lowest BCUT2D eigenvalue weighted by Crippen LogP contribution is -2.42. The van der Waals surface area contributed by atoms with Crippen LogP contribution in [-0.4, -0.2) is 61.6 Å². The minimum Gasteiger partial charge on any atom is -0.445 e. The zero-order valence-corrected chi connectivity index (χ0v) is 10.8. The highest BCUT2D eigenvalue weighted by Gasteiger charge is 2.23. The fourth-order valence-corrected chi connectivity index (χ4v) is 1.07. The Hall–Kier alpha value is -1.86. The average molecular weight is 272 g/mol. The van der Waals surface area contributed by atoms with Crippen molar-refractivity contribution in [2.45, 2.75) is 0 Å². The summed E-state index contributed by atoms with van der Waals surface area (Å²) in [5, 5.41) is 11.4. The third-order valence-corrected chi connectivity index (χ3v) is 1.89. The first-order valence-corrected chi connectivity index (χ1v) is 5.81. The Morgan fingerprint density at radius 2 is 1.63 bits per heavy atom. The van der Waals surface area contributed by atoms with Gasteiger partial charge >= 0.3 is 12.2 Å². The molecule has 2 N–H and O–H groups in total. The van der Waals surface area contributed by atoms with E-state index < -0.39 is 12.2 Å². The predicted octanol–water partition coefficient (Wildman–Crippen LogP) is 0.516. The zero-order chi connectivity index (χ0) is 14.5. The van der Waals surface area contributed by atoms with E-state index in [1.807, 2.05) is 0 Å². The highest BCUT2D eigenvalue weighted by atomic mass is 16.6. The van der Waals surface area contributed by atoms with Crippen LogP contribution in [0.15, 0.2) is 25.3 Å². The third kappa shape index (κ3) is 7.96. The molecule has 0 fully saturated rings. The molecule has 0 heterocycles. The van der Waals surface area contributed by atoms with Gasteiger partial charge in [0.2, 0.25) is 0 Å². The van der Waals surface area contributed by atoms with E-state index in [0.29, 0.717) is 13.1 Å². The predicted molar refractivity (Wildman–Crippen MR) is 69.8 cm³/mol. The third-order valence-electron chi connectivity index (χ3n) is 1.89. The molecular weight excluding hydrogens is 252 g/mol. The molecule has 0 aliphatic heterocycles. The molecule has 108 valence electrons. The quantitative estimate of drug-likeness (QED) is 0.470. The Bertz CT molecular complexity index is 282. The molecule has 0 saturated heterocycles. The van der Waals surface area contributed by atoms with Gasteiger partial charge in [-0.2, -0.15) is 0 Å². The van der Waals surface area contributed by atoms with Crippen LogP contribution in [0.5, 0.6) is 0 Å². The Balaban J connectivity index is 4.35. The van der Waals surface area contributed by atoms with Gasteiger partial charge in [0, 0.05) is 19.6 Å². The van der Waals surface area contributed by atoms with Crippen molar-refractivity contribution in [3.63, 3.8) is 0 Å². The highest BCUT2D eigenvalue weighted by Crippen LogP contribution is 1.99. The maximum atomic E-state index is 11.6. The number of nitrogens with zero attached hydrogens (tertiary/aromatic N) is 1. The van der Waals surface area contributed by atoms with Gasteiger partial charge in [0.15, 0.2) is 0 Å². The van der Waals surface area contributed by atoms with E-state index in [0.717, 1.165) is 4.90 Å². The molecule has 0 aliphatic carbocycles. The molecule has 0 aromatic carbocycles. The van der Waals surface area contributed by atoms with Crippen LogP contribution in [0.2, 0.25) is 0 Å². The maximum Gasteiger partial charge on any atom is 0.419 e. The standard InChI is InChI=1S/C12H20N2O5/c1-3-9-18-11(16)14(7-5-13-6-8-15)12(17)19-10-4-2/h3-4,13,15H,1-2,5-10H2. The Morgan fingerprint density at radius 3 is 2.05 bits per heavy atom. The van der Waals surface area contributed by atoms with E-state index in [9.17, 15) is 9.59 Å². The number of rotatable bonds is 9. The summed E-state index contributed by atoms with van der Waals surface area (Å²) in [5.41, 5.74) is 0. The number of nitrogens with one attached hydrogen (secondary N) is 1. The second kappa shape index (κ2) is 11.2. The van der Waals surface area contributed by atoms with Crippen LogP contribution in [-0.2, 0) is 9.47 Å². The number of ether oxygens (including phenoxy) is 2. The summed E-state index contributed by atoms with van der Waals surface area (Å²) in [6.07, 6.45) is 1.18. The molecule has 7 heteroatoms. The molecule has 0 bridgehead atoms. The van der Waals surface area contributed by atoms with Crippen LogP contribution in [0.4, 0.5) is 9.59 Å². The first-order valence-electron chi connectivity index (χ1n) is 5.81. The minimum absolute atomic E-state index is 0.00808. The van der Waals surface area contributed by atoms with Crippen LogP contribution in [0.25, 0.3) is 0 Å². The molecule has 0 radical (unpaired) electrons. The normalized spacial score (nSPS) is 9.53. The first-order chi connectivity index (χ1) is 9.17. The number of hydrogen-bond acceptors (Lipinski definition) is 6. The lowest BCUT2D eigenvalue weighted by Gasteiger charge is -2.19. The van der Waals surface area contributed by atoms with E-state index in [1.54, 1.807) is 0 Å². The maximum absolute atomic E-state index is 11.6. The summed E-state index contributed by atoms with van der Waals surface area (Å²) in [4.78, 5) is 24.1. The van der Waals surface area contributed by atoms with Gasteiger partial charge in [-0.1, -0.05) is 25.3 Å². The van der Waals surface area contributed by atoms with Crippen molar-refractivity contribution >= 4 is 12.2 Å². The Labute approximate surface area is 112 Å².